The second-order valence-corrected chi connectivity index (χ2v) is 5.24. The average molecular weight is 266 g/mol. The molecule has 1 amide bonds. The zero-order valence-corrected chi connectivity index (χ0v) is 11.3. The van der Waals surface area contributed by atoms with E-state index in [-0.39, 0.29) is 11.9 Å². The van der Waals surface area contributed by atoms with Gasteiger partial charge in [0.15, 0.2) is 0 Å². The molecule has 1 aliphatic rings. The highest BCUT2D eigenvalue weighted by Gasteiger charge is 2.24. The van der Waals surface area contributed by atoms with E-state index in [4.69, 9.17) is 5.73 Å². The van der Waals surface area contributed by atoms with Gasteiger partial charge in [0.1, 0.15) is 0 Å². The van der Waals surface area contributed by atoms with Gasteiger partial charge in [0.2, 0.25) is 5.91 Å². The Morgan fingerprint density at radius 1 is 1.00 bits per heavy atom. The van der Waals surface area contributed by atoms with Gasteiger partial charge in [-0.25, -0.2) is 0 Å². The van der Waals surface area contributed by atoms with E-state index in [1.807, 2.05) is 47.4 Å². The minimum atomic E-state index is -0.229. The topological polar surface area (TPSA) is 46.3 Å². The molecule has 0 fully saturated rings. The first-order chi connectivity index (χ1) is 9.74. The first-order valence-electron chi connectivity index (χ1n) is 6.89. The van der Waals surface area contributed by atoms with Crippen molar-refractivity contribution in [3.8, 4) is 0 Å². The molecule has 1 unspecified atom stereocenters. The van der Waals surface area contributed by atoms with Crippen LogP contribution in [0.5, 0.6) is 0 Å². The average Bonchev–Trinajstić information content (AvgIpc) is 2.92. The molecule has 1 aliphatic heterocycles. The van der Waals surface area contributed by atoms with Crippen molar-refractivity contribution >= 4 is 5.91 Å². The lowest BCUT2D eigenvalue weighted by atomic mass is 10.0. The van der Waals surface area contributed by atoms with Crippen LogP contribution in [0.25, 0.3) is 0 Å². The van der Waals surface area contributed by atoms with Gasteiger partial charge in [-0.05, 0) is 16.7 Å². The maximum atomic E-state index is 12.3. The molecule has 0 saturated carbocycles. The van der Waals surface area contributed by atoms with Gasteiger partial charge in [-0.1, -0.05) is 54.6 Å². The number of nitrogens with two attached hydrogens (primary N) is 1. The zero-order chi connectivity index (χ0) is 13.9. The molecular formula is C17H18N2O. The summed E-state index contributed by atoms with van der Waals surface area (Å²) in [6.07, 6.45) is 0.359. The van der Waals surface area contributed by atoms with Crippen LogP contribution in [-0.4, -0.2) is 10.8 Å². The predicted molar refractivity (Wildman–Crippen MR) is 78.7 cm³/mol. The number of fused-ring (bicyclic) bond motifs is 1. The summed E-state index contributed by atoms with van der Waals surface area (Å²) in [5, 5.41) is 0. The Morgan fingerprint density at radius 2 is 1.55 bits per heavy atom. The molecule has 2 N–H and O–H groups in total. The standard InChI is InChI=1S/C17H18N2O/c18-16(13-6-2-1-3-7-13)10-17(20)19-11-14-8-4-5-9-15(14)12-19/h1-9,16H,10-12,18H2. The maximum absolute atomic E-state index is 12.3. The monoisotopic (exact) mass is 266 g/mol. The van der Waals surface area contributed by atoms with Crippen molar-refractivity contribution in [1.82, 2.24) is 4.90 Å². The highest BCUT2D eigenvalue weighted by Crippen LogP contribution is 2.24. The highest BCUT2D eigenvalue weighted by atomic mass is 16.2. The number of hydrogen-bond acceptors (Lipinski definition) is 2. The summed E-state index contributed by atoms with van der Waals surface area (Å²) in [5.41, 5.74) is 9.62. The van der Waals surface area contributed by atoms with Crippen molar-refractivity contribution in [3.63, 3.8) is 0 Å². The minimum Gasteiger partial charge on any atom is -0.334 e. The molecule has 0 spiro atoms. The van der Waals surface area contributed by atoms with Gasteiger partial charge < -0.3 is 10.6 Å². The van der Waals surface area contributed by atoms with Crippen LogP contribution in [0.1, 0.15) is 29.2 Å². The number of hydrogen-bond donors (Lipinski definition) is 1. The Balaban J connectivity index is 1.64. The molecule has 102 valence electrons. The normalized spacial score (nSPS) is 14.9. The summed E-state index contributed by atoms with van der Waals surface area (Å²) in [6.45, 7) is 1.41. The molecule has 3 rings (SSSR count). The zero-order valence-electron chi connectivity index (χ0n) is 11.3. The van der Waals surface area contributed by atoms with Gasteiger partial charge in [0, 0.05) is 25.6 Å². The molecule has 20 heavy (non-hydrogen) atoms. The number of carbonyl (C=O) groups is 1. The quantitative estimate of drug-likeness (QED) is 0.928. The maximum Gasteiger partial charge on any atom is 0.225 e. The molecule has 1 atom stereocenters. The molecule has 0 saturated heterocycles. The summed E-state index contributed by atoms with van der Waals surface area (Å²) in [5.74, 6) is 0.123. The van der Waals surface area contributed by atoms with Crippen LogP contribution in [0.3, 0.4) is 0 Å². The number of benzene rings is 2. The van der Waals surface area contributed by atoms with Crippen LogP contribution < -0.4 is 5.73 Å². The number of carbonyl (C=O) groups excluding carboxylic acids is 1. The summed E-state index contributed by atoms with van der Waals surface area (Å²) in [4.78, 5) is 14.2. The molecule has 1 heterocycles. The SMILES string of the molecule is NC(CC(=O)N1Cc2ccccc2C1)c1ccccc1. The second kappa shape index (κ2) is 5.47. The molecular weight excluding hydrogens is 248 g/mol. The summed E-state index contributed by atoms with van der Waals surface area (Å²) in [7, 11) is 0. The van der Waals surface area contributed by atoms with Crippen molar-refractivity contribution in [3.05, 3.63) is 71.3 Å². The van der Waals surface area contributed by atoms with E-state index < -0.39 is 0 Å². The fraction of sp³-hybridized carbons (Fsp3) is 0.235. The Hall–Kier alpha value is -2.13. The minimum absolute atomic E-state index is 0.123. The molecule has 0 bridgehead atoms. The first kappa shape index (κ1) is 12.9. The van der Waals surface area contributed by atoms with E-state index in [9.17, 15) is 4.79 Å². The van der Waals surface area contributed by atoms with Crippen LogP contribution in [0.15, 0.2) is 54.6 Å². The van der Waals surface area contributed by atoms with E-state index in [1.165, 1.54) is 11.1 Å². The lowest BCUT2D eigenvalue weighted by molar-refractivity contribution is -0.132. The van der Waals surface area contributed by atoms with E-state index in [1.54, 1.807) is 0 Å². The molecule has 0 radical (unpaired) electrons. The first-order valence-corrected chi connectivity index (χ1v) is 6.89. The Morgan fingerprint density at radius 3 is 2.15 bits per heavy atom. The third kappa shape index (κ3) is 2.58. The lowest BCUT2D eigenvalue weighted by Crippen LogP contribution is -2.28. The highest BCUT2D eigenvalue weighted by molar-refractivity contribution is 5.77. The van der Waals surface area contributed by atoms with Gasteiger partial charge in [-0.2, -0.15) is 0 Å². The molecule has 2 aromatic rings. The number of amides is 1. The van der Waals surface area contributed by atoms with Gasteiger partial charge in [0.05, 0.1) is 0 Å². The molecule has 0 aliphatic carbocycles. The Kier molecular flexibility index (Phi) is 3.52. The fourth-order valence-electron chi connectivity index (χ4n) is 2.64. The third-order valence-corrected chi connectivity index (χ3v) is 3.82. The van der Waals surface area contributed by atoms with E-state index in [0.29, 0.717) is 19.5 Å². The number of nitrogens with zero attached hydrogens (tertiary/aromatic N) is 1. The van der Waals surface area contributed by atoms with Gasteiger partial charge >= 0.3 is 0 Å². The van der Waals surface area contributed by atoms with E-state index in [2.05, 4.69) is 12.1 Å². The largest absolute Gasteiger partial charge is 0.334 e. The van der Waals surface area contributed by atoms with Crippen molar-refractivity contribution in [2.75, 3.05) is 0 Å². The van der Waals surface area contributed by atoms with Crippen molar-refractivity contribution in [1.29, 1.82) is 0 Å². The van der Waals surface area contributed by atoms with Crippen LogP contribution in [0, 0.1) is 0 Å². The van der Waals surface area contributed by atoms with Crippen molar-refractivity contribution in [2.24, 2.45) is 5.73 Å². The summed E-state index contributed by atoms with van der Waals surface area (Å²) in [6, 6.07) is 17.8. The predicted octanol–water partition coefficient (Wildman–Crippen LogP) is 2.62. The van der Waals surface area contributed by atoms with Gasteiger partial charge in [-0.3, -0.25) is 4.79 Å². The molecule has 3 nitrogen and oxygen atoms in total. The van der Waals surface area contributed by atoms with Gasteiger partial charge in [-0.15, -0.1) is 0 Å². The Bertz CT molecular complexity index is 584. The van der Waals surface area contributed by atoms with Crippen LogP contribution >= 0.6 is 0 Å². The second-order valence-electron chi connectivity index (χ2n) is 5.24. The van der Waals surface area contributed by atoms with Crippen LogP contribution in [-0.2, 0) is 17.9 Å². The lowest BCUT2D eigenvalue weighted by Gasteiger charge is -2.18. The smallest absolute Gasteiger partial charge is 0.225 e. The van der Waals surface area contributed by atoms with Crippen molar-refractivity contribution in [2.45, 2.75) is 25.6 Å². The summed E-state index contributed by atoms with van der Waals surface area (Å²) >= 11 is 0. The third-order valence-electron chi connectivity index (χ3n) is 3.82. The molecule has 2 aromatic carbocycles. The fourth-order valence-corrected chi connectivity index (χ4v) is 2.64. The van der Waals surface area contributed by atoms with E-state index >= 15 is 0 Å². The summed E-state index contributed by atoms with van der Waals surface area (Å²) < 4.78 is 0. The van der Waals surface area contributed by atoms with Crippen LogP contribution in [0.2, 0.25) is 0 Å². The molecule has 3 heteroatoms. The number of rotatable bonds is 3. The van der Waals surface area contributed by atoms with E-state index in [0.717, 1.165) is 5.56 Å². The Labute approximate surface area is 119 Å². The molecule has 0 aromatic heterocycles. The van der Waals surface area contributed by atoms with Crippen molar-refractivity contribution < 1.29 is 4.79 Å². The van der Waals surface area contributed by atoms with Crippen LogP contribution in [0.4, 0.5) is 0 Å². The van der Waals surface area contributed by atoms with Gasteiger partial charge in [0.25, 0.3) is 0 Å².